The van der Waals surface area contributed by atoms with Gasteiger partial charge < -0.3 is 15.5 Å². The lowest BCUT2D eigenvalue weighted by Crippen LogP contribution is -2.14. The van der Waals surface area contributed by atoms with Gasteiger partial charge >= 0.3 is 12.1 Å². The third-order valence-electron chi connectivity index (χ3n) is 3.93. The monoisotopic (exact) mass is 379 g/mol. The Morgan fingerprint density at radius 1 is 1.15 bits per heavy atom. The molecule has 0 aliphatic rings. The third-order valence-corrected chi connectivity index (χ3v) is 3.93. The fourth-order valence-electron chi connectivity index (χ4n) is 2.74. The van der Waals surface area contributed by atoms with Crippen molar-refractivity contribution in [2.75, 3.05) is 11.9 Å². The number of carboxylic acids is 1. The molecule has 2 heterocycles. The molecule has 0 spiro atoms. The van der Waals surface area contributed by atoms with Crippen molar-refractivity contribution in [3.63, 3.8) is 0 Å². The molecular weight excluding hydrogens is 363 g/mol. The minimum Gasteiger partial charge on any atom is -0.508 e. The van der Waals surface area contributed by atoms with Gasteiger partial charge in [0, 0.05) is 18.5 Å². The summed E-state index contributed by atoms with van der Waals surface area (Å²) in [6.45, 7) is 0.164. The number of halogens is 3. The lowest BCUT2D eigenvalue weighted by atomic mass is 10.1. The molecule has 27 heavy (non-hydrogen) atoms. The number of rotatable bonds is 6. The molecule has 0 saturated heterocycles. The fraction of sp³-hybridized carbons (Fsp3) is 0.222. The van der Waals surface area contributed by atoms with Gasteiger partial charge in [-0.2, -0.15) is 13.2 Å². The molecule has 0 radical (unpaired) electrons. The van der Waals surface area contributed by atoms with E-state index in [0.717, 1.165) is 10.5 Å². The van der Waals surface area contributed by atoms with Gasteiger partial charge in [-0.15, -0.1) is 0 Å². The van der Waals surface area contributed by atoms with Crippen molar-refractivity contribution in [1.82, 2.24) is 9.38 Å². The van der Waals surface area contributed by atoms with Gasteiger partial charge in [-0.1, -0.05) is 6.07 Å². The zero-order valence-corrected chi connectivity index (χ0v) is 14.0. The number of alkyl halides is 3. The van der Waals surface area contributed by atoms with Crippen LogP contribution < -0.4 is 5.32 Å². The smallest absolute Gasteiger partial charge is 0.431 e. The largest absolute Gasteiger partial charge is 0.508 e. The second-order valence-corrected chi connectivity index (χ2v) is 5.88. The number of aromatic hydroxyl groups is 1. The summed E-state index contributed by atoms with van der Waals surface area (Å²) in [5.74, 6) is -0.840. The van der Waals surface area contributed by atoms with E-state index in [2.05, 4.69) is 10.3 Å². The molecular formula is C18H16F3N3O3. The first-order valence-electron chi connectivity index (χ1n) is 8.11. The van der Waals surface area contributed by atoms with Gasteiger partial charge in [-0.25, -0.2) is 4.98 Å². The summed E-state index contributed by atoms with van der Waals surface area (Å²) in [4.78, 5) is 15.0. The van der Waals surface area contributed by atoms with E-state index in [1.807, 2.05) is 0 Å². The van der Waals surface area contributed by atoms with E-state index >= 15 is 0 Å². The number of nitrogens with zero attached hydrogens (tertiary/aromatic N) is 2. The molecule has 3 rings (SSSR count). The van der Waals surface area contributed by atoms with Crippen molar-refractivity contribution in [2.45, 2.75) is 19.0 Å². The van der Waals surface area contributed by atoms with Crippen LogP contribution in [0.2, 0.25) is 0 Å². The molecule has 0 atom stereocenters. The second kappa shape index (κ2) is 7.18. The minimum atomic E-state index is -4.59. The number of nitrogens with one attached hydrogen (secondary N) is 1. The van der Waals surface area contributed by atoms with Crippen LogP contribution in [0.3, 0.4) is 0 Å². The Hall–Kier alpha value is -3.23. The number of phenolic OH excluding ortho intramolecular Hbond substituents is 1. The molecule has 0 amide bonds. The van der Waals surface area contributed by atoms with Crippen LogP contribution in [-0.4, -0.2) is 32.1 Å². The van der Waals surface area contributed by atoms with Crippen molar-refractivity contribution in [3.05, 3.63) is 48.2 Å². The third kappa shape index (κ3) is 3.97. The molecule has 1 aromatic carbocycles. The van der Waals surface area contributed by atoms with Crippen LogP contribution in [0.1, 0.15) is 18.5 Å². The van der Waals surface area contributed by atoms with Crippen LogP contribution in [0.25, 0.3) is 16.9 Å². The first-order chi connectivity index (χ1) is 12.8. The zero-order valence-electron chi connectivity index (χ0n) is 14.0. The SMILES string of the molecule is O=C(O)CCCNc1c(-c2ccc(O)cc2)nc2cccc(C(F)(F)F)n12. The first-order valence-corrected chi connectivity index (χ1v) is 8.11. The van der Waals surface area contributed by atoms with E-state index in [0.29, 0.717) is 5.56 Å². The van der Waals surface area contributed by atoms with E-state index in [1.54, 1.807) is 12.1 Å². The highest BCUT2D eigenvalue weighted by Gasteiger charge is 2.35. The summed E-state index contributed by atoms with van der Waals surface area (Å²) >= 11 is 0. The first kappa shape index (κ1) is 18.6. The highest BCUT2D eigenvalue weighted by Crippen LogP contribution is 2.36. The van der Waals surface area contributed by atoms with Crippen molar-refractivity contribution in [2.24, 2.45) is 0 Å². The number of phenols is 1. The number of fused-ring (bicyclic) bond motifs is 1. The molecule has 0 bridgehead atoms. The lowest BCUT2D eigenvalue weighted by molar-refractivity contribution is -0.142. The molecule has 0 saturated carbocycles. The summed E-state index contributed by atoms with van der Waals surface area (Å²) < 4.78 is 41.4. The Labute approximate surface area is 151 Å². The van der Waals surface area contributed by atoms with Gasteiger partial charge in [0.2, 0.25) is 0 Å². The predicted molar refractivity (Wildman–Crippen MR) is 92.7 cm³/mol. The van der Waals surface area contributed by atoms with Gasteiger partial charge in [0.25, 0.3) is 0 Å². The van der Waals surface area contributed by atoms with Gasteiger partial charge in [0.1, 0.15) is 28.6 Å². The van der Waals surface area contributed by atoms with Crippen LogP contribution in [0, 0.1) is 0 Å². The fourth-order valence-corrected chi connectivity index (χ4v) is 2.74. The molecule has 9 heteroatoms. The Bertz CT molecular complexity index is 966. The summed E-state index contributed by atoms with van der Waals surface area (Å²) in [5, 5.41) is 21.1. The van der Waals surface area contributed by atoms with Crippen molar-refractivity contribution < 1.29 is 28.2 Å². The molecule has 0 aliphatic carbocycles. The molecule has 0 unspecified atom stereocenters. The molecule has 0 aliphatic heterocycles. The quantitative estimate of drug-likeness (QED) is 0.564. The molecule has 6 nitrogen and oxygen atoms in total. The summed E-state index contributed by atoms with van der Waals surface area (Å²) in [6.07, 6.45) is -4.46. The minimum absolute atomic E-state index is 0.0227. The molecule has 142 valence electrons. The number of hydrogen-bond acceptors (Lipinski definition) is 4. The van der Waals surface area contributed by atoms with E-state index in [4.69, 9.17) is 5.11 Å². The number of hydrogen-bond donors (Lipinski definition) is 3. The Balaban J connectivity index is 2.11. The Morgan fingerprint density at radius 2 is 1.85 bits per heavy atom. The number of aliphatic carboxylic acids is 1. The van der Waals surface area contributed by atoms with Gasteiger partial charge in [-0.3, -0.25) is 9.20 Å². The van der Waals surface area contributed by atoms with E-state index < -0.39 is 17.8 Å². The second-order valence-electron chi connectivity index (χ2n) is 5.88. The summed E-state index contributed by atoms with van der Waals surface area (Å²) in [7, 11) is 0. The average Bonchev–Trinajstić information content (AvgIpc) is 2.97. The normalized spacial score (nSPS) is 11.7. The molecule has 3 N–H and O–H groups in total. The number of aromatic nitrogens is 2. The maximum absolute atomic E-state index is 13.5. The van der Waals surface area contributed by atoms with Gasteiger partial charge in [0.15, 0.2) is 0 Å². The van der Waals surface area contributed by atoms with E-state index in [-0.39, 0.29) is 42.3 Å². The number of benzene rings is 1. The summed E-state index contributed by atoms with van der Waals surface area (Å²) in [5.41, 5.74) is 0.0132. The standard InChI is InChI=1S/C18H16F3N3O3/c19-18(20,21)13-3-1-4-14-23-16(11-6-8-12(25)9-7-11)17(24(13)14)22-10-2-5-15(26)27/h1,3-4,6-9,22,25H,2,5,10H2,(H,26,27). The lowest BCUT2D eigenvalue weighted by Gasteiger charge is -2.14. The van der Waals surface area contributed by atoms with Crippen molar-refractivity contribution in [1.29, 1.82) is 0 Å². The molecule has 0 fully saturated rings. The van der Waals surface area contributed by atoms with Crippen molar-refractivity contribution >= 4 is 17.4 Å². The van der Waals surface area contributed by atoms with Crippen molar-refractivity contribution in [3.8, 4) is 17.0 Å². The maximum atomic E-state index is 13.5. The molecule has 3 aromatic rings. The van der Waals surface area contributed by atoms with Crippen LogP contribution in [0.4, 0.5) is 19.0 Å². The number of carboxylic acid groups (broad SMARTS) is 1. The van der Waals surface area contributed by atoms with Crippen LogP contribution in [-0.2, 0) is 11.0 Å². The van der Waals surface area contributed by atoms with Gasteiger partial charge in [0.05, 0.1) is 0 Å². The summed E-state index contributed by atoms with van der Waals surface area (Å²) in [6, 6.07) is 9.62. The van der Waals surface area contributed by atoms with Crippen LogP contribution >= 0.6 is 0 Å². The highest BCUT2D eigenvalue weighted by molar-refractivity contribution is 5.77. The van der Waals surface area contributed by atoms with E-state index in [1.165, 1.54) is 24.3 Å². The average molecular weight is 379 g/mol. The number of pyridine rings is 1. The Morgan fingerprint density at radius 3 is 2.48 bits per heavy atom. The van der Waals surface area contributed by atoms with Crippen LogP contribution in [0.15, 0.2) is 42.5 Å². The number of imidazole rings is 1. The molecule has 2 aromatic heterocycles. The van der Waals surface area contributed by atoms with E-state index in [9.17, 15) is 23.1 Å². The predicted octanol–water partition coefficient (Wildman–Crippen LogP) is 4.00. The van der Waals surface area contributed by atoms with Gasteiger partial charge in [-0.05, 0) is 42.8 Å². The Kier molecular flexibility index (Phi) is 4.93. The maximum Gasteiger partial charge on any atom is 0.431 e. The zero-order chi connectivity index (χ0) is 19.6. The number of carbonyl (C=O) groups is 1. The number of anilines is 1. The van der Waals surface area contributed by atoms with Crippen LogP contribution in [0.5, 0.6) is 5.75 Å². The highest BCUT2D eigenvalue weighted by atomic mass is 19.4. The topological polar surface area (TPSA) is 86.9 Å².